The summed E-state index contributed by atoms with van der Waals surface area (Å²) in [7, 11) is 1.65. The molecule has 2 aliphatic rings. The Morgan fingerprint density at radius 1 is 0.946 bits per heavy atom. The summed E-state index contributed by atoms with van der Waals surface area (Å²) >= 11 is 0. The standard InChI is InChI=1S/C31H37N3O3/c1-36-28-12-5-6-13-29(28)37-27-11-7-8-24(22-27)23-34-20-14-26(15-21-34)33-30(35)31(16-18-32-19-17-31)25-9-3-2-4-10-25/h2-13,22,26,32H,14-21,23H2,1H3,(H,33,35). The third-order valence-electron chi connectivity index (χ3n) is 7.74. The number of methoxy groups -OCH3 is 1. The molecule has 0 spiro atoms. The van der Waals surface area contributed by atoms with Gasteiger partial charge in [-0.15, -0.1) is 0 Å². The largest absolute Gasteiger partial charge is 0.493 e. The number of para-hydroxylation sites is 2. The number of benzene rings is 3. The number of nitrogens with one attached hydrogen (secondary N) is 2. The monoisotopic (exact) mass is 499 g/mol. The molecule has 6 heteroatoms. The van der Waals surface area contributed by atoms with E-state index in [1.165, 1.54) is 5.56 Å². The number of amides is 1. The van der Waals surface area contributed by atoms with E-state index in [2.05, 4.69) is 39.8 Å². The maximum atomic E-state index is 13.6. The molecule has 37 heavy (non-hydrogen) atoms. The maximum Gasteiger partial charge on any atom is 0.230 e. The summed E-state index contributed by atoms with van der Waals surface area (Å²) in [4.78, 5) is 16.1. The molecule has 2 N–H and O–H groups in total. The zero-order chi connectivity index (χ0) is 25.5. The number of hydrogen-bond acceptors (Lipinski definition) is 5. The number of hydrogen-bond donors (Lipinski definition) is 2. The second-order valence-corrected chi connectivity index (χ2v) is 10.1. The summed E-state index contributed by atoms with van der Waals surface area (Å²) in [6, 6.07) is 26.5. The molecule has 2 fully saturated rings. The first-order valence-corrected chi connectivity index (χ1v) is 13.4. The number of carbonyl (C=O) groups excluding carboxylic acids is 1. The van der Waals surface area contributed by atoms with Gasteiger partial charge in [-0.3, -0.25) is 9.69 Å². The summed E-state index contributed by atoms with van der Waals surface area (Å²) in [6.45, 7) is 4.54. The van der Waals surface area contributed by atoms with Gasteiger partial charge in [-0.2, -0.15) is 0 Å². The fourth-order valence-electron chi connectivity index (χ4n) is 5.61. The van der Waals surface area contributed by atoms with Gasteiger partial charge in [0.25, 0.3) is 0 Å². The number of ether oxygens (including phenoxy) is 2. The third kappa shape index (κ3) is 5.97. The molecule has 0 radical (unpaired) electrons. The normalized spacial score (nSPS) is 18.2. The molecule has 5 rings (SSSR count). The Hall–Kier alpha value is -3.35. The quantitative estimate of drug-likeness (QED) is 0.462. The third-order valence-corrected chi connectivity index (χ3v) is 7.74. The molecule has 0 atom stereocenters. The highest BCUT2D eigenvalue weighted by Crippen LogP contribution is 2.34. The second kappa shape index (κ2) is 11.8. The van der Waals surface area contributed by atoms with E-state index in [0.717, 1.165) is 75.5 Å². The van der Waals surface area contributed by atoms with Gasteiger partial charge < -0.3 is 20.1 Å². The van der Waals surface area contributed by atoms with Gasteiger partial charge in [0.2, 0.25) is 5.91 Å². The van der Waals surface area contributed by atoms with Crippen molar-refractivity contribution in [2.75, 3.05) is 33.3 Å². The highest BCUT2D eigenvalue weighted by atomic mass is 16.5. The van der Waals surface area contributed by atoms with Gasteiger partial charge in [-0.25, -0.2) is 0 Å². The van der Waals surface area contributed by atoms with Gasteiger partial charge in [0.05, 0.1) is 12.5 Å². The molecule has 194 valence electrons. The number of carbonyl (C=O) groups is 1. The summed E-state index contributed by atoms with van der Waals surface area (Å²) in [5, 5.41) is 6.85. The van der Waals surface area contributed by atoms with Crippen molar-refractivity contribution in [3.63, 3.8) is 0 Å². The molecule has 0 saturated carbocycles. The molecular formula is C31H37N3O3. The van der Waals surface area contributed by atoms with Gasteiger partial charge in [0, 0.05) is 25.7 Å². The average Bonchev–Trinajstić information content (AvgIpc) is 2.95. The Morgan fingerprint density at radius 3 is 2.38 bits per heavy atom. The van der Waals surface area contributed by atoms with Crippen molar-refractivity contribution >= 4 is 5.91 Å². The van der Waals surface area contributed by atoms with E-state index in [0.29, 0.717) is 5.75 Å². The number of likely N-dealkylation sites (tertiary alicyclic amines) is 1. The van der Waals surface area contributed by atoms with Crippen molar-refractivity contribution < 1.29 is 14.3 Å². The van der Waals surface area contributed by atoms with Gasteiger partial charge in [0.15, 0.2) is 11.5 Å². The van der Waals surface area contributed by atoms with Gasteiger partial charge in [-0.1, -0.05) is 54.6 Å². The van der Waals surface area contributed by atoms with Crippen molar-refractivity contribution in [3.05, 3.63) is 90.0 Å². The van der Waals surface area contributed by atoms with E-state index in [1.807, 2.05) is 54.6 Å². The predicted molar refractivity (Wildman–Crippen MR) is 146 cm³/mol. The first-order chi connectivity index (χ1) is 18.2. The van der Waals surface area contributed by atoms with Crippen LogP contribution in [0.3, 0.4) is 0 Å². The van der Waals surface area contributed by atoms with Crippen LogP contribution in [0.25, 0.3) is 0 Å². The Bertz CT molecular complexity index is 1170. The van der Waals surface area contributed by atoms with Crippen LogP contribution in [-0.2, 0) is 16.8 Å². The molecule has 2 saturated heterocycles. The summed E-state index contributed by atoms with van der Waals surface area (Å²) in [5.74, 6) is 2.42. The Morgan fingerprint density at radius 2 is 1.65 bits per heavy atom. The van der Waals surface area contributed by atoms with Crippen LogP contribution in [0, 0.1) is 0 Å². The van der Waals surface area contributed by atoms with E-state index in [1.54, 1.807) is 7.11 Å². The fourth-order valence-corrected chi connectivity index (χ4v) is 5.61. The molecule has 0 unspecified atom stereocenters. The molecule has 3 aromatic carbocycles. The SMILES string of the molecule is COc1ccccc1Oc1cccc(CN2CCC(NC(=O)C3(c4ccccc4)CCNCC3)CC2)c1. The van der Waals surface area contributed by atoms with Gasteiger partial charge in [0.1, 0.15) is 5.75 Å². The van der Waals surface area contributed by atoms with Gasteiger partial charge >= 0.3 is 0 Å². The molecule has 0 bridgehead atoms. The van der Waals surface area contributed by atoms with E-state index >= 15 is 0 Å². The fraction of sp³-hybridized carbons (Fsp3) is 0.387. The highest BCUT2D eigenvalue weighted by molar-refractivity contribution is 5.88. The molecule has 0 aliphatic carbocycles. The number of nitrogens with zero attached hydrogens (tertiary/aromatic N) is 1. The van der Waals surface area contributed by atoms with Gasteiger partial charge in [-0.05, 0) is 74.2 Å². The molecule has 2 aliphatic heterocycles. The zero-order valence-electron chi connectivity index (χ0n) is 21.6. The Balaban J connectivity index is 1.16. The maximum absolute atomic E-state index is 13.6. The highest BCUT2D eigenvalue weighted by Gasteiger charge is 2.41. The summed E-state index contributed by atoms with van der Waals surface area (Å²) in [6.07, 6.45) is 3.61. The Kier molecular flexibility index (Phi) is 8.07. The van der Waals surface area contributed by atoms with E-state index in [4.69, 9.17) is 9.47 Å². The smallest absolute Gasteiger partial charge is 0.230 e. The van der Waals surface area contributed by atoms with Crippen LogP contribution in [0.1, 0.15) is 36.8 Å². The van der Waals surface area contributed by atoms with Crippen molar-refractivity contribution in [1.29, 1.82) is 0 Å². The summed E-state index contributed by atoms with van der Waals surface area (Å²) in [5.41, 5.74) is 1.93. The Labute approximate surface area is 220 Å². The van der Waals surface area contributed by atoms with Crippen molar-refractivity contribution in [2.45, 2.75) is 43.7 Å². The lowest BCUT2D eigenvalue weighted by Crippen LogP contribution is -2.54. The zero-order valence-corrected chi connectivity index (χ0v) is 21.6. The van der Waals surface area contributed by atoms with Crippen LogP contribution in [0.5, 0.6) is 17.2 Å². The minimum absolute atomic E-state index is 0.194. The lowest BCUT2D eigenvalue weighted by atomic mass is 9.72. The first kappa shape index (κ1) is 25.3. The van der Waals surface area contributed by atoms with Crippen LogP contribution in [-0.4, -0.2) is 50.1 Å². The molecule has 3 aromatic rings. The molecule has 6 nitrogen and oxygen atoms in total. The van der Waals surface area contributed by atoms with E-state index < -0.39 is 5.41 Å². The van der Waals surface area contributed by atoms with Crippen LogP contribution >= 0.6 is 0 Å². The molecule has 2 heterocycles. The van der Waals surface area contributed by atoms with Crippen LogP contribution in [0.15, 0.2) is 78.9 Å². The van der Waals surface area contributed by atoms with Crippen LogP contribution in [0.2, 0.25) is 0 Å². The van der Waals surface area contributed by atoms with E-state index in [-0.39, 0.29) is 11.9 Å². The molecule has 0 aromatic heterocycles. The van der Waals surface area contributed by atoms with Crippen LogP contribution < -0.4 is 20.1 Å². The van der Waals surface area contributed by atoms with Crippen LogP contribution in [0.4, 0.5) is 0 Å². The summed E-state index contributed by atoms with van der Waals surface area (Å²) < 4.78 is 11.5. The lowest BCUT2D eigenvalue weighted by molar-refractivity contribution is -0.129. The predicted octanol–water partition coefficient (Wildman–Crippen LogP) is 4.89. The minimum Gasteiger partial charge on any atom is -0.493 e. The molecular weight excluding hydrogens is 462 g/mol. The topological polar surface area (TPSA) is 62.8 Å². The van der Waals surface area contributed by atoms with Crippen molar-refractivity contribution in [1.82, 2.24) is 15.5 Å². The minimum atomic E-state index is -0.425. The van der Waals surface area contributed by atoms with E-state index in [9.17, 15) is 4.79 Å². The first-order valence-electron chi connectivity index (χ1n) is 13.4. The van der Waals surface area contributed by atoms with Crippen molar-refractivity contribution in [2.24, 2.45) is 0 Å². The van der Waals surface area contributed by atoms with Crippen molar-refractivity contribution in [3.8, 4) is 17.2 Å². The number of rotatable bonds is 8. The average molecular weight is 500 g/mol. The lowest BCUT2D eigenvalue weighted by Gasteiger charge is -2.39. The molecule has 1 amide bonds. The number of piperidine rings is 2. The second-order valence-electron chi connectivity index (χ2n) is 10.1.